The molecule has 162 valence electrons. The monoisotopic (exact) mass is 446 g/mol. The van der Waals surface area contributed by atoms with E-state index in [0.29, 0.717) is 11.5 Å². The number of rotatable bonds is 7. The predicted octanol–water partition coefficient (Wildman–Crippen LogP) is 4.55. The molecule has 0 aromatic heterocycles. The fourth-order valence-corrected chi connectivity index (χ4v) is 4.11. The molecule has 0 spiro atoms. The highest BCUT2D eigenvalue weighted by Crippen LogP contribution is 2.27. The number of anilines is 2. The van der Waals surface area contributed by atoms with Crippen molar-refractivity contribution in [1.82, 2.24) is 0 Å². The van der Waals surface area contributed by atoms with Gasteiger partial charge in [0.25, 0.3) is 0 Å². The van der Waals surface area contributed by atoms with Gasteiger partial charge in [0.2, 0.25) is 15.9 Å². The van der Waals surface area contributed by atoms with Crippen LogP contribution in [0.15, 0.2) is 72.8 Å². The number of hydrogen-bond donors (Lipinski definition) is 1. The molecule has 0 aliphatic heterocycles. The van der Waals surface area contributed by atoms with Crippen molar-refractivity contribution in [2.24, 2.45) is 0 Å². The maximum Gasteiger partial charge on any atom is 0.248 e. The normalized spacial score (nSPS) is 12.1. The van der Waals surface area contributed by atoms with Crippen molar-refractivity contribution in [1.29, 1.82) is 0 Å². The lowest BCUT2D eigenvalue weighted by Crippen LogP contribution is -2.45. The van der Waals surface area contributed by atoms with Crippen LogP contribution in [0.2, 0.25) is 0 Å². The minimum absolute atomic E-state index is 0.194. The molecule has 3 aromatic carbocycles. The Morgan fingerprint density at radius 2 is 1.45 bits per heavy atom. The number of hydrogen-bond acceptors (Lipinski definition) is 4. The molecule has 1 unspecified atom stereocenters. The number of halogens is 2. The lowest BCUT2D eigenvalue weighted by molar-refractivity contribution is -0.116. The number of carbonyl (C=O) groups is 1. The van der Waals surface area contributed by atoms with E-state index in [-0.39, 0.29) is 5.69 Å². The summed E-state index contributed by atoms with van der Waals surface area (Å²) in [5.41, 5.74) is -0.445. The largest absolute Gasteiger partial charge is 0.457 e. The molecule has 3 aromatic rings. The molecule has 0 fully saturated rings. The topological polar surface area (TPSA) is 75.7 Å². The Labute approximate surface area is 179 Å². The second-order valence-corrected chi connectivity index (χ2v) is 8.59. The first-order valence-electron chi connectivity index (χ1n) is 9.24. The molecule has 0 saturated carbocycles. The second kappa shape index (κ2) is 9.13. The van der Waals surface area contributed by atoms with Crippen molar-refractivity contribution >= 4 is 27.3 Å². The first-order valence-corrected chi connectivity index (χ1v) is 11.1. The second-order valence-electron chi connectivity index (χ2n) is 6.73. The molecule has 6 nitrogen and oxygen atoms in total. The number of benzene rings is 3. The average Bonchev–Trinajstić information content (AvgIpc) is 2.72. The van der Waals surface area contributed by atoms with E-state index < -0.39 is 39.3 Å². The zero-order chi connectivity index (χ0) is 22.6. The Morgan fingerprint density at radius 1 is 0.903 bits per heavy atom. The molecule has 0 bridgehead atoms. The number of nitrogens with zero attached hydrogens (tertiary/aromatic N) is 1. The highest BCUT2D eigenvalue weighted by Gasteiger charge is 2.30. The number of amides is 1. The van der Waals surface area contributed by atoms with Crippen molar-refractivity contribution in [3.05, 3.63) is 84.4 Å². The molecule has 1 amide bonds. The van der Waals surface area contributed by atoms with Gasteiger partial charge in [-0.2, -0.15) is 0 Å². The maximum absolute atomic E-state index is 13.9. The third-order valence-electron chi connectivity index (χ3n) is 4.37. The maximum atomic E-state index is 13.9. The Hall–Kier alpha value is -3.46. The summed E-state index contributed by atoms with van der Waals surface area (Å²) in [5, 5.41) is 2.12. The molecule has 0 radical (unpaired) electrons. The Kier molecular flexibility index (Phi) is 6.55. The molecule has 1 N–H and O–H groups in total. The standard InChI is InChI=1S/C22H20F2N2O4S/c1-15(22(27)25-21-19(23)9-6-10-20(21)24)26(31(2,28)29)16-11-13-18(14-12-16)30-17-7-4-3-5-8-17/h3-15H,1-2H3,(H,25,27). The molecule has 3 rings (SSSR count). The van der Waals surface area contributed by atoms with Gasteiger partial charge in [-0.05, 0) is 55.5 Å². The number of sulfonamides is 1. The van der Waals surface area contributed by atoms with Crippen LogP contribution in [0.1, 0.15) is 6.92 Å². The van der Waals surface area contributed by atoms with E-state index in [1.165, 1.54) is 19.1 Å². The summed E-state index contributed by atoms with van der Waals surface area (Å²) in [6.07, 6.45) is 0.939. The molecular weight excluding hydrogens is 426 g/mol. The van der Waals surface area contributed by atoms with Gasteiger partial charge in [0.15, 0.2) is 0 Å². The smallest absolute Gasteiger partial charge is 0.248 e. The van der Waals surface area contributed by atoms with Gasteiger partial charge in [-0.1, -0.05) is 24.3 Å². The molecule has 0 aliphatic rings. The van der Waals surface area contributed by atoms with Gasteiger partial charge < -0.3 is 10.1 Å². The number of ether oxygens (including phenoxy) is 1. The van der Waals surface area contributed by atoms with Gasteiger partial charge in [-0.15, -0.1) is 0 Å². The highest BCUT2D eigenvalue weighted by atomic mass is 32.2. The van der Waals surface area contributed by atoms with Crippen molar-refractivity contribution < 1.29 is 26.7 Å². The summed E-state index contributed by atoms with van der Waals surface area (Å²) in [5.74, 6) is -1.74. The van der Waals surface area contributed by atoms with E-state index in [2.05, 4.69) is 5.32 Å². The van der Waals surface area contributed by atoms with E-state index in [0.717, 1.165) is 28.8 Å². The summed E-state index contributed by atoms with van der Waals surface area (Å²) in [7, 11) is -3.90. The summed E-state index contributed by atoms with van der Waals surface area (Å²) in [6, 6.07) is 16.9. The van der Waals surface area contributed by atoms with Crippen LogP contribution in [0, 0.1) is 11.6 Å². The van der Waals surface area contributed by atoms with Crippen molar-refractivity contribution in [3.63, 3.8) is 0 Å². The number of nitrogens with one attached hydrogen (secondary N) is 1. The fraction of sp³-hybridized carbons (Fsp3) is 0.136. The van der Waals surface area contributed by atoms with E-state index in [1.54, 1.807) is 24.3 Å². The van der Waals surface area contributed by atoms with Gasteiger partial charge in [0.05, 0.1) is 11.9 Å². The SMILES string of the molecule is CC(C(=O)Nc1c(F)cccc1F)N(c1ccc(Oc2ccccc2)cc1)S(C)(=O)=O. The van der Waals surface area contributed by atoms with Crippen LogP contribution in [0.3, 0.4) is 0 Å². The van der Waals surface area contributed by atoms with Crippen LogP contribution in [-0.4, -0.2) is 26.6 Å². The molecular formula is C22H20F2N2O4S. The first-order chi connectivity index (χ1) is 14.7. The molecule has 9 heteroatoms. The molecule has 31 heavy (non-hydrogen) atoms. The van der Waals surface area contributed by atoms with Gasteiger partial charge in [0.1, 0.15) is 34.9 Å². The van der Waals surface area contributed by atoms with E-state index in [4.69, 9.17) is 4.74 Å². The van der Waals surface area contributed by atoms with E-state index in [9.17, 15) is 22.0 Å². The van der Waals surface area contributed by atoms with Gasteiger partial charge in [0, 0.05) is 0 Å². The summed E-state index contributed by atoms with van der Waals surface area (Å²) in [6.45, 7) is 1.32. The zero-order valence-electron chi connectivity index (χ0n) is 16.7. The number of para-hydroxylation sites is 2. The Morgan fingerprint density at radius 3 is 2.00 bits per heavy atom. The van der Waals surface area contributed by atoms with E-state index >= 15 is 0 Å². The predicted molar refractivity (Wildman–Crippen MR) is 115 cm³/mol. The summed E-state index contributed by atoms with van der Waals surface area (Å²) in [4.78, 5) is 12.6. The van der Waals surface area contributed by atoms with E-state index in [1.807, 2.05) is 18.2 Å². The zero-order valence-corrected chi connectivity index (χ0v) is 17.6. The molecule has 0 heterocycles. The number of carbonyl (C=O) groups excluding carboxylic acids is 1. The van der Waals surface area contributed by atoms with Crippen molar-refractivity contribution in [2.75, 3.05) is 15.9 Å². The summed E-state index contributed by atoms with van der Waals surface area (Å²) >= 11 is 0. The lowest BCUT2D eigenvalue weighted by atomic mass is 10.2. The minimum Gasteiger partial charge on any atom is -0.457 e. The molecule has 0 aliphatic carbocycles. The molecule has 0 saturated heterocycles. The Balaban J connectivity index is 1.84. The van der Waals surface area contributed by atoms with Crippen LogP contribution in [0.5, 0.6) is 11.5 Å². The van der Waals surface area contributed by atoms with Crippen LogP contribution in [0.4, 0.5) is 20.2 Å². The van der Waals surface area contributed by atoms with Crippen LogP contribution >= 0.6 is 0 Å². The van der Waals surface area contributed by atoms with Gasteiger partial charge in [-0.3, -0.25) is 9.10 Å². The van der Waals surface area contributed by atoms with Crippen molar-refractivity contribution in [2.45, 2.75) is 13.0 Å². The lowest BCUT2D eigenvalue weighted by Gasteiger charge is -2.28. The highest BCUT2D eigenvalue weighted by molar-refractivity contribution is 7.92. The average molecular weight is 446 g/mol. The van der Waals surface area contributed by atoms with Crippen LogP contribution < -0.4 is 14.4 Å². The summed E-state index contributed by atoms with van der Waals surface area (Å²) < 4.78 is 59.1. The van der Waals surface area contributed by atoms with Crippen LogP contribution in [0.25, 0.3) is 0 Å². The quantitative estimate of drug-likeness (QED) is 0.578. The van der Waals surface area contributed by atoms with Gasteiger partial charge >= 0.3 is 0 Å². The minimum atomic E-state index is -3.90. The van der Waals surface area contributed by atoms with Gasteiger partial charge in [-0.25, -0.2) is 17.2 Å². The Bertz CT molecular complexity index is 1150. The third kappa shape index (κ3) is 5.37. The van der Waals surface area contributed by atoms with Crippen molar-refractivity contribution in [3.8, 4) is 11.5 Å². The van der Waals surface area contributed by atoms with Crippen LogP contribution in [-0.2, 0) is 14.8 Å². The molecule has 1 atom stereocenters. The third-order valence-corrected chi connectivity index (χ3v) is 5.61. The first kappa shape index (κ1) is 22.2. The fourth-order valence-electron chi connectivity index (χ4n) is 2.94.